The van der Waals surface area contributed by atoms with Gasteiger partial charge in [0.2, 0.25) is 6.41 Å². The number of carbonyl (C=O) groups is 3. The molecule has 9 heavy (non-hydrogen) atoms. The van der Waals surface area contributed by atoms with Crippen LogP contribution in [0.3, 0.4) is 0 Å². The molecular formula is C4H5NO4. The average molecular weight is 131 g/mol. The molecule has 0 saturated carbocycles. The van der Waals surface area contributed by atoms with Crippen molar-refractivity contribution < 1.29 is 19.5 Å². The molecule has 0 aromatic carbocycles. The van der Waals surface area contributed by atoms with Gasteiger partial charge in [0.15, 0.2) is 12.3 Å². The van der Waals surface area contributed by atoms with Crippen molar-refractivity contribution in [2.75, 3.05) is 0 Å². The number of aldehydes is 1. The van der Waals surface area contributed by atoms with Crippen molar-refractivity contribution in [3.8, 4) is 0 Å². The average Bonchev–Trinajstić information content (AvgIpc) is 1.82. The van der Waals surface area contributed by atoms with Gasteiger partial charge in [-0.2, -0.15) is 0 Å². The summed E-state index contributed by atoms with van der Waals surface area (Å²) in [5.74, 6) is -1.36. The molecular weight excluding hydrogens is 126 g/mol. The zero-order valence-electron chi connectivity index (χ0n) is 4.40. The van der Waals surface area contributed by atoms with Crippen LogP contribution >= 0.6 is 0 Å². The van der Waals surface area contributed by atoms with Gasteiger partial charge in [-0.05, 0) is 0 Å². The number of aliphatic carboxylic acids is 1. The lowest BCUT2D eigenvalue weighted by Crippen LogP contribution is -2.36. The first-order valence-electron chi connectivity index (χ1n) is 2.10. The second kappa shape index (κ2) is 3.59. The monoisotopic (exact) mass is 131 g/mol. The van der Waals surface area contributed by atoms with Crippen LogP contribution in [-0.2, 0) is 14.4 Å². The van der Waals surface area contributed by atoms with Crippen LogP contribution in [0.5, 0.6) is 0 Å². The molecule has 5 nitrogen and oxygen atoms in total. The Bertz CT molecular complexity index is 133. The summed E-state index contributed by atoms with van der Waals surface area (Å²) in [6.45, 7) is 0. The highest BCUT2D eigenvalue weighted by Crippen LogP contribution is 1.72. The summed E-state index contributed by atoms with van der Waals surface area (Å²) >= 11 is 0. The van der Waals surface area contributed by atoms with Gasteiger partial charge in [-0.25, -0.2) is 4.79 Å². The molecule has 0 aromatic rings. The summed E-state index contributed by atoms with van der Waals surface area (Å²) in [4.78, 5) is 29.1. The van der Waals surface area contributed by atoms with E-state index >= 15 is 0 Å². The molecule has 0 aliphatic carbocycles. The first-order chi connectivity index (χ1) is 4.22. The van der Waals surface area contributed by atoms with E-state index in [0.717, 1.165) is 0 Å². The van der Waals surface area contributed by atoms with Crippen molar-refractivity contribution in [3.05, 3.63) is 0 Å². The van der Waals surface area contributed by atoms with Gasteiger partial charge < -0.3 is 15.2 Å². The fourth-order valence-corrected chi connectivity index (χ4v) is 0.242. The van der Waals surface area contributed by atoms with E-state index in [1.165, 1.54) is 0 Å². The largest absolute Gasteiger partial charge is 0.479 e. The lowest BCUT2D eigenvalue weighted by molar-refractivity contribution is -0.142. The second-order valence-electron chi connectivity index (χ2n) is 1.24. The van der Waals surface area contributed by atoms with Gasteiger partial charge in [0, 0.05) is 0 Å². The number of rotatable bonds is 4. The molecule has 5 heteroatoms. The Morgan fingerprint density at radius 2 is 2.11 bits per heavy atom. The van der Waals surface area contributed by atoms with Crippen LogP contribution in [-0.4, -0.2) is 29.8 Å². The second-order valence-corrected chi connectivity index (χ2v) is 1.24. The van der Waals surface area contributed by atoms with Crippen molar-refractivity contribution in [3.63, 3.8) is 0 Å². The molecule has 0 heterocycles. The van der Waals surface area contributed by atoms with E-state index in [0.29, 0.717) is 0 Å². The number of amides is 1. The van der Waals surface area contributed by atoms with Crippen molar-refractivity contribution in [2.24, 2.45) is 0 Å². The fourth-order valence-electron chi connectivity index (χ4n) is 0.242. The molecule has 0 unspecified atom stereocenters. The molecule has 0 aliphatic heterocycles. The van der Waals surface area contributed by atoms with Gasteiger partial charge in [-0.15, -0.1) is 0 Å². The minimum atomic E-state index is -1.41. The van der Waals surface area contributed by atoms with Crippen molar-refractivity contribution >= 4 is 18.7 Å². The molecule has 0 rings (SSSR count). The summed E-state index contributed by atoms with van der Waals surface area (Å²) in [7, 11) is 0. The summed E-state index contributed by atoms with van der Waals surface area (Å²) in [5, 5.41) is 9.84. The lowest BCUT2D eigenvalue weighted by Gasteiger charge is -1.98. The third-order valence-corrected chi connectivity index (χ3v) is 0.650. The quantitative estimate of drug-likeness (QED) is 0.355. The maximum absolute atomic E-state index is 9.87. The normalized spacial score (nSPS) is 11.6. The van der Waals surface area contributed by atoms with Crippen molar-refractivity contribution in [1.82, 2.24) is 5.32 Å². The van der Waals surface area contributed by atoms with Crippen molar-refractivity contribution in [1.29, 1.82) is 0 Å². The molecule has 0 fully saturated rings. The van der Waals surface area contributed by atoms with Gasteiger partial charge in [-0.3, -0.25) is 4.79 Å². The zero-order valence-corrected chi connectivity index (χ0v) is 4.40. The van der Waals surface area contributed by atoms with Crippen LogP contribution in [0.2, 0.25) is 0 Å². The van der Waals surface area contributed by atoms with Gasteiger partial charge >= 0.3 is 5.97 Å². The molecule has 0 aliphatic rings. The number of carbonyl (C=O) groups excluding carboxylic acids is 2. The van der Waals surface area contributed by atoms with E-state index in [1.807, 2.05) is 0 Å². The molecule has 1 atom stereocenters. The molecule has 0 bridgehead atoms. The standard InChI is InChI=1S/C4H5NO4/c6-1-3(4(8)9)5-2-7/h1-3H,(H,5,7)(H,8,9)/t3-/m0/s1. The summed E-state index contributed by atoms with van der Waals surface area (Å²) in [6.07, 6.45) is 0.296. The highest BCUT2D eigenvalue weighted by molar-refractivity contribution is 5.92. The van der Waals surface area contributed by atoms with Gasteiger partial charge in [0.25, 0.3) is 0 Å². The Morgan fingerprint density at radius 3 is 2.22 bits per heavy atom. The van der Waals surface area contributed by atoms with Crippen LogP contribution in [0.15, 0.2) is 0 Å². The summed E-state index contributed by atoms with van der Waals surface area (Å²) in [6, 6.07) is -1.41. The number of nitrogens with one attached hydrogen (secondary N) is 1. The minimum absolute atomic E-state index is 0.136. The van der Waals surface area contributed by atoms with Crippen LogP contribution in [0, 0.1) is 0 Å². The Morgan fingerprint density at radius 1 is 1.56 bits per heavy atom. The first kappa shape index (κ1) is 7.61. The van der Waals surface area contributed by atoms with Gasteiger partial charge in [0.1, 0.15) is 0 Å². The Balaban J connectivity index is 3.81. The fraction of sp³-hybridized carbons (Fsp3) is 0.250. The van der Waals surface area contributed by atoms with Gasteiger partial charge in [-0.1, -0.05) is 0 Å². The lowest BCUT2D eigenvalue weighted by atomic mass is 10.3. The van der Waals surface area contributed by atoms with Crippen LogP contribution in [0.25, 0.3) is 0 Å². The molecule has 2 N–H and O–H groups in total. The Hall–Kier alpha value is -1.39. The minimum Gasteiger partial charge on any atom is -0.479 e. The molecule has 0 aromatic heterocycles. The summed E-state index contributed by atoms with van der Waals surface area (Å²) < 4.78 is 0. The van der Waals surface area contributed by atoms with E-state index in [9.17, 15) is 14.4 Å². The third kappa shape index (κ3) is 2.43. The number of carboxylic acid groups (broad SMARTS) is 1. The highest BCUT2D eigenvalue weighted by atomic mass is 16.4. The Labute approximate surface area is 50.7 Å². The SMILES string of the molecule is O=CN[C@@H](C=O)C(=O)O. The van der Waals surface area contributed by atoms with E-state index in [-0.39, 0.29) is 12.7 Å². The molecule has 50 valence electrons. The van der Waals surface area contributed by atoms with Crippen LogP contribution in [0.4, 0.5) is 0 Å². The Kier molecular flexibility index (Phi) is 3.04. The first-order valence-corrected chi connectivity index (χ1v) is 2.10. The van der Waals surface area contributed by atoms with E-state index in [1.54, 1.807) is 5.32 Å². The number of carboxylic acids is 1. The third-order valence-electron chi connectivity index (χ3n) is 0.650. The predicted molar refractivity (Wildman–Crippen MR) is 26.7 cm³/mol. The maximum atomic E-state index is 9.87. The van der Waals surface area contributed by atoms with E-state index in [2.05, 4.69) is 0 Å². The molecule has 0 radical (unpaired) electrons. The highest BCUT2D eigenvalue weighted by Gasteiger charge is 2.12. The maximum Gasteiger partial charge on any atom is 0.333 e. The summed E-state index contributed by atoms with van der Waals surface area (Å²) in [5.41, 5.74) is 0. The topological polar surface area (TPSA) is 83.5 Å². The molecule has 1 amide bonds. The van der Waals surface area contributed by atoms with Crippen LogP contribution in [0.1, 0.15) is 0 Å². The van der Waals surface area contributed by atoms with Crippen LogP contribution < -0.4 is 5.32 Å². The van der Waals surface area contributed by atoms with Gasteiger partial charge in [0.05, 0.1) is 0 Å². The number of hydrogen-bond donors (Lipinski definition) is 2. The predicted octanol–water partition coefficient (Wildman–Crippen LogP) is -1.62. The zero-order chi connectivity index (χ0) is 7.28. The molecule has 0 spiro atoms. The van der Waals surface area contributed by atoms with E-state index < -0.39 is 12.0 Å². The van der Waals surface area contributed by atoms with Crippen molar-refractivity contribution in [2.45, 2.75) is 6.04 Å². The molecule has 0 saturated heterocycles. The van der Waals surface area contributed by atoms with E-state index in [4.69, 9.17) is 5.11 Å². The number of hydrogen-bond acceptors (Lipinski definition) is 3. The smallest absolute Gasteiger partial charge is 0.333 e.